The van der Waals surface area contributed by atoms with Crippen LogP contribution in [-0.4, -0.2) is 23.5 Å². The Balaban J connectivity index is 2.64. The van der Waals surface area contributed by atoms with Gasteiger partial charge in [-0.15, -0.1) is 0 Å². The molecular weight excluding hydrogens is 266 g/mol. The molecule has 9 heteroatoms. The molecule has 0 unspecified atom stereocenters. The molecule has 0 saturated heterocycles. The lowest BCUT2D eigenvalue weighted by atomic mass is 10.3. The second kappa shape index (κ2) is 5.82. The maximum atomic E-state index is 11.0. The molecule has 8 nitrogen and oxygen atoms in total. The summed E-state index contributed by atoms with van der Waals surface area (Å²) in [6.07, 6.45) is 0. The van der Waals surface area contributed by atoms with Crippen molar-refractivity contribution in [1.29, 1.82) is 0 Å². The molecule has 0 spiro atoms. The van der Waals surface area contributed by atoms with Crippen molar-refractivity contribution in [2.45, 2.75) is 0 Å². The molecule has 0 saturated carbocycles. The maximum absolute atomic E-state index is 11.0. The molecule has 0 atom stereocenters. The lowest BCUT2D eigenvalue weighted by Gasteiger charge is -2.05. The van der Waals surface area contributed by atoms with Gasteiger partial charge in [-0.3, -0.25) is 20.2 Å². The molecule has 3 amide bonds. The second-order valence-electron chi connectivity index (χ2n) is 3.07. The van der Waals surface area contributed by atoms with Gasteiger partial charge in [0.15, 0.2) is 6.61 Å². The third-order valence-electron chi connectivity index (χ3n) is 1.75. The average molecular weight is 274 g/mol. The van der Waals surface area contributed by atoms with Crippen LogP contribution in [0, 0.1) is 10.1 Å². The predicted molar refractivity (Wildman–Crippen MR) is 61.3 cm³/mol. The smallest absolute Gasteiger partial charge is 0.318 e. The Labute approximate surface area is 106 Å². The number of hydrogen-bond donors (Lipinski definition) is 2. The SMILES string of the molecule is NC(=O)NC(=O)COc1ccc([N+](=O)[O-])c(Cl)c1. The van der Waals surface area contributed by atoms with Gasteiger partial charge in [0.2, 0.25) is 0 Å². The first kappa shape index (κ1) is 13.7. The Kier molecular flexibility index (Phi) is 4.44. The highest BCUT2D eigenvalue weighted by Gasteiger charge is 2.13. The molecule has 3 N–H and O–H groups in total. The maximum Gasteiger partial charge on any atom is 0.318 e. The number of nitro benzene ring substituents is 1. The van der Waals surface area contributed by atoms with Gasteiger partial charge in [-0.2, -0.15) is 0 Å². The first-order chi connectivity index (χ1) is 8.40. The van der Waals surface area contributed by atoms with E-state index >= 15 is 0 Å². The van der Waals surface area contributed by atoms with Crippen LogP contribution in [0.3, 0.4) is 0 Å². The summed E-state index contributed by atoms with van der Waals surface area (Å²) in [5.74, 6) is -0.581. The third-order valence-corrected chi connectivity index (χ3v) is 2.05. The molecule has 0 heterocycles. The van der Waals surface area contributed by atoms with Gasteiger partial charge in [-0.1, -0.05) is 11.6 Å². The van der Waals surface area contributed by atoms with Crippen molar-refractivity contribution in [1.82, 2.24) is 5.32 Å². The number of nitro groups is 1. The Morgan fingerprint density at radius 1 is 1.50 bits per heavy atom. The van der Waals surface area contributed by atoms with E-state index in [0.717, 1.165) is 6.07 Å². The number of carbonyl (C=O) groups is 2. The molecule has 1 aromatic rings. The van der Waals surface area contributed by atoms with Gasteiger partial charge in [-0.25, -0.2) is 4.79 Å². The van der Waals surface area contributed by atoms with Crippen LogP contribution in [0.5, 0.6) is 5.75 Å². The molecule has 1 rings (SSSR count). The number of nitrogens with zero attached hydrogens (tertiary/aromatic N) is 1. The number of imide groups is 1. The first-order valence-electron chi connectivity index (χ1n) is 4.56. The molecular formula is C9H8ClN3O5. The van der Waals surface area contributed by atoms with Gasteiger partial charge in [0, 0.05) is 12.1 Å². The minimum atomic E-state index is -0.995. The fourth-order valence-corrected chi connectivity index (χ4v) is 1.29. The number of urea groups is 1. The molecule has 0 aliphatic heterocycles. The molecule has 0 fully saturated rings. The van der Waals surface area contributed by atoms with Crippen molar-refractivity contribution in [3.63, 3.8) is 0 Å². The summed E-state index contributed by atoms with van der Waals surface area (Å²) in [5.41, 5.74) is 4.44. The normalized spacial score (nSPS) is 9.61. The third kappa shape index (κ3) is 3.91. The van der Waals surface area contributed by atoms with Crippen LogP contribution in [0.25, 0.3) is 0 Å². The van der Waals surface area contributed by atoms with Crippen LogP contribution >= 0.6 is 11.6 Å². The highest BCUT2D eigenvalue weighted by atomic mass is 35.5. The number of carbonyl (C=O) groups excluding carboxylic acids is 2. The van der Waals surface area contributed by atoms with Gasteiger partial charge in [0.1, 0.15) is 10.8 Å². The van der Waals surface area contributed by atoms with Crippen molar-refractivity contribution in [3.05, 3.63) is 33.3 Å². The molecule has 0 radical (unpaired) electrons. The number of rotatable bonds is 4. The van der Waals surface area contributed by atoms with Crippen LogP contribution in [0.2, 0.25) is 5.02 Å². The zero-order valence-corrected chi connectivity index (χ0v) is 9.64. The van der Waals surface area contributed by atoms with E-state index in [1.807, 2.05) is 0 Å². The number of halogens is 1. The summed E-state index contributed by atoms with van der Waals surface area (Å²) in [6.45, 7) is -0.461. The number of nitrogens with one attached hydrogen (secondary N) is 1. The van der Waals surface area contributed by atoms with E-state index in [4.69, 9.17) is 22.1 Å². The topological polar surface area (TPSA) is 125 Å². The van der Waals surface area contributed by atoms with E-state index in [1.165, 1.54) is 12.1 Å². The largest absolute Gasteiger partial charge is 0.484 e. The minimum Gasteiger partial charge on any atom is -0.484 e. The number of primary amides is 1. The highest BCUT2D eigenvalue weighted by Crippen LogP contribution is 2.28. The zero-order chi connectivity index (χ0) is 13.7. The van der Waals surface area contributed by atoms with Crippen LogP contribution in [0.15, 0.2) is 18.2 Å². The standard InChI is InChI=1S/C9H8ClN3O5/c10-6-3-5(1-2-7(6)13(16)17)18-4-8(14)12-9(11)15/h1-3H,4H2,(H3,11,12,14,15). The average Bonchev–Trinajstić information content (AvgIpc) is 2.25. The summed E-state index contributed by atoms with van der Waals surface area (Å²) in [7, 11) is 0. The van der Waals surface area contributed by atoms with E-state index in [-0.39, 0.29) is 16.5 Å². The van der Waals surface area contributed by atoms with Crippen molar-refractivity contribution in [2.24, 2.45) is 5.73 Å². The Morgan fingerprint density at radius 3 is 2.67 bits per heavy atom. The molecule has 18 heavy (non-hydrogen) atoms. The zero-order valence-electron chi connectivity index (χ0n) is 8.88. The summed E-state index contributed by atoms with van der Waals surface area (Å²) in [5, 5.41) is 12.2. The number of nitrogens with two attached hydrogens (primary N) is 1. The quantitative estimate of drug-likeness (QED) is 0.620. The van der Waals surface area contributed by atoms with Gasteiger partial charge in [0.25, 0.3) is 11.6 Å². The van der Waals surface area contributed by atoms with Crippen molar-refractivity contribution >= 4 is 29.2 Å². The van der Waals surface area contributed by atoms with Crippen molar-refractivity contribution in [3.8, 4) is 5.75 Å². The van der Waals surface area contributed by atoms with Gasteiger partial charge >= 0.3 is 6.03 Å². The lowest BCUT2D eigenvalue weighted by Crippen LogP contribution is -2.38. The summed E-state index contributed by atoms with van der Waals surface area (Å²) >= 11 is 5.63. The number of ether oxygens (including phenoxy) is 1. The number of benzene rings is 1. The van der Waals surface area contributed by atoms with E-state index < -0.39 is 23.5 Å². The van der Waals surface area contributed by atoms with Crippen LogP contribution in [0.1, 0.15) is 0 Å². The Hall–Kier alpha value is -2.35. The van der Waals surface area contributed by atoms with E-state index in [9.17, 15) is 19.7 Å². The number of hydrogen-bond acceptors (Lipinski definition) is 5. The predicted octanol–water partition coefficient (Wildman–Crippen LogP) is 0.822. The van der Waals surface area contributed by atoms with E-state index in [0.29, 0.717) is 0 Å². The first-order valence-corrected chi connectivity index (χ1v) is 4.94. The molecule has 96 valence electrons. The summed E-state index contributed by atoms with van der Waals surface area (Å²) < 4.78 is 4.96. The van der Waals surface area contributed by atoms with Gasteiger partial charge in [0.05, 0.1) is 4.92 Å². The monoisotopic (exact) mass is 273 g/mol. The van der Waals surface area contributed by atoms with Crippen LogP contribution in [-0.2, 0) is 4.79 Å². The van der Waals surface area contributed by atoms with E-state index in [1.54, 1.807) is 5.32 Å². The van der Waals surface area contributed by atoms with Gasteiger partial charge in [-0.05, 0) is 6.07 Å². The molecule has 1 aromatic carbocycles. The highest BCUT2D eigenvalue weighted by molar-refractivity contribution is 6.32. The Bertz CT molecular complexity index is 505. The summed E-state index contributed by atoms with van der Waals surface area (Å²) in [4.78, 5) is 31.2. The lowest BCUT2D eigenvalue weighted by molar-refractivity contribution is -0.384. The minimum absolute atomic E-state index is 0.118. The number of amides is 3. The van der Waals surface area contributed by atoms with E-state index in [2.05, 4.69) is 0 Å². The van der Waals surface area contributed by atoms with Crippen LogP contribution < -0.4 is 15.8 Å². The van der Waals surface area contributed by atoms with Crippen LogP contribution in [0.4, 0.5) is 10.5 Å². The fraction of sp³-hybridized carbons (Fsp3) is 0.111. The second-order valence-corrected chi connectivity index (χ2v) is 3.48. The molecule has 0 aliphatic rings. The molecule has 0 bridgehead atoms. The fourth-order valence-electron chi connectivity index (χ4n) is 1.05. The molecule has 0 aromatic heterocycles. The summed E-state index contributed by atoms with van der Waals surface area (Å²) in [6, 6.07) is 2.62. The van der Waals surface area contributed by atoms with Crippen molar-refractivity contribution in [2.75, 3.05) is 6.61 Å². The molecule has 0 aliphatic carbocycles. The Morgan fingerprint density at radius 2 is 2.17 bits per heavy atom. The van der Waals surface area contributed by atoms with Gasteiger partial charge < -0.3 is 10.5 Å². The van der Waals surface area contributed by atoms with Crippen molar-refractivity contribution < 1.29 is 19.2 Å².